The Hall–Kier alpha value is -0.300. The topological polar surface area (TPSA) is 0 Å². The van der Waals surface area contributed by atoms with Crippen molar-refractivity contribution in [3.8, 4) is 0 Å². The van der Waals surface area contributed by atoms with Crippen molar-refractivity contribution in [2.75, 3.05) is 0 Å². The van der Waals surface area contributed by atoms with Crippen molar-refractivity contribution in [1.29, 1.82) is 0 Å². The molecular weight excluding hydrogens is 116 g/mol. The Balaban J connectivity index is 0. The third-order valence-electron chi connectivity index (χ3n) is 0.663. The molecule has 0 atom stereocenters. The molecular formula is C7H14S. The fourth-order valence-corrected chi connectivity index (χ4v) is 0.890. The van der Waals surface area contributed by atoms with Gasteiger partial charge < -0.3 is 0 Å². The largest absolute Gasteiger partial charge is 0.149 e. The summed E-state index contributed by atoms with van der Waals surface area (Å²) in [5.74, 6) is 0. The Morgan fingerprint density at radius 1 is 1.38 bits per heavy atom. The summed E-state index contributed by atoms with van der Waals surface area (Å²) in [5, 5.41) is 2.08. The standard InChI is InChI=1S/C5H6S.2CH4/c1-5-3-2-4-6-5;;/h2-4H,1H3;2*1H4. The fraction of sp³-hybridized carbons (Fsp3) is 0.429. The summed E-state index contributed by atoms with van der Waals surface area (Å²) in [6, 6.07) is 4.16. The smallest absolute Gasteiger partial charge is 0.00141 e. The van der Waals surface area contributed by atoms with Gasteiger partial charge in [0.1, 0.15) is 0 Å². The van der Waals surface area contributed by atoms with Crippen molar-refractivity contribution >= 4 is 11.3 Å². The average Bonchev–Trinajstić information content (AvgIpc) is 1.86. The molecule has 1 heteroatoms. The van der Waals surface area contributed by atoms with Gasteiger partial charge in [0.25, 0.3) is 0 Å². The summed E-state index contributed by atoms with van der Waals surface area (Å²) in [6.45, 7) is 2.10. The highest BCUT2D eigenvalue weighted by Crippen LogP contribution is 2.03. The SMILES string of the molecule is C.C.Cc1cccs1. The summed E-state index contributed by atoms with van der Waals surface area (Å²) in [6.07, 6.45) is 0. The minimum Gasteiger partial charge on any atom is -0.149 e. The van der Waals surface area contributed by atoms with Crippen LogP contribution in [0.25, 0.3) is 0 Å². The van der Waals surface area contributed by atoms with Crippen LogP contribution in [0.1, 0.15) is 19.7 Å². The molecule has 0 bridgehead atoms. The number of rotatable bonds is 0. The zero-order chi connectivity index (χ0) is 4.41. The highest BCUT2D eigenvalue weighted by atomic mass is 32.1. The second kappa shape index (κ2) is 4.85. The van der Waals surface area contributed by atoms with E-state index in [-0.39, 0.29) is 14.9 Å². The van der Waals surface area contributed by atoms with E-state index in [1.807, 2.05) is 0 Å². The van der Waals surface area contributed by atoms with Crippen LogP contribution in [-0.2, 0) is 0 Å². The van der Waals surface area contributed by atoms with E-state index >= 15 is 0 Å². The minimum absolute atomic E-state index is 0. The zero-order valence-electron chi connectivity index (χ0n) is 3.64. The van der Waals surface area contributed by atoms with E-state index < -0.39 is 0 Å². The van der Waals surface area contributed by atoms with Crippen molar-refractivity contribution in [2.45, 2.75) is 21.8 Å². The molecule has 1 rings (SSSR count). The second-order valence-electron chi connectivity index (χ2n) is 1.22. The summed E-state index contributed by atoms with van der Waals surface area (Å²) >= 11 is 1.78. The molecule has 0 N–H and O–H groups in total. The second-order valence-corrected chi connectivity index (χ2v) is 2.38. The Labute approximate surface area is 56.2 Å². The third kappa shape index (κ3) is 2.80. The Morgan fingerprint density at radius 3 is 2.12 bits per heavy atom. The highest BCUT2D eigenvalue weighted by molar-refractivity contribution is 7.09. The number of hydrogen-bond acceptors (Lipinski definition) is 1. The molecule has 0 saturated carbocycles. The van der Waals surface area contributed by atoms with E-state index in [4.69, 9.17) is 0 Å². The molecule has 1 aromatic heterocycles. The van der Waals surface area contributed by atoms with Crippen LogP contribution in [0.3, 0.4) is 0 Å². The Kier molecular flexibility index (Phi) is 6.45. The monoisotopic (exact) mass is 130 g/mol. The van der Waals surface area contributed by atoms with Crippen molar-refractivity contribution in [3.05, 3.63) is 22.4 Å². The van der Waals surface area contributed by atoms with E-state index in [9.17, 15) is 0 Å². The average molecular weight is 130 g/mol. The van der Waals surface area contributed by atoms with Crippen molar-refractivity contribution in [3.63, 3.8) is 0 Å². The molecule has 0 aliphatic rings. The van der Waals surface area contributed by atoms with Gasteiger partial charge in [0.15, 0.2) is 0 Å². The van der Waals surface area contributed by atoms with Crippen LogP contribution in [0.15, 0.2) is 17.5 Å². The first-order valence-corrected chi connectivity index (χ1v) is 2.77. The first-order valence-electron chi connectivity index (χ1n) is 1.90. The van der Waals surface area contributed by atoms with Gasteiger partial charge in [-0.25, -0.2) is 0 Å². The van der Waals surface area contributed by atoms with Gasteiger partial charge in [0.2, 0.25) is 0 Å². The van der Waals surface area contributed by atoms with E-state index in [2.05, 4.69) is 24.4 Å². The molecule has 0 fully saturated rings. The molecule has 0 aromatic carbocycles. The summed E-state index contributed by atoms with van der Waals surface area (Å²) in [4.78, 5) is 1.38. The lowest BCUT2D eigenvalue weighted by Crippen LogP contribution is -1.42. The lowest BCUT2D eigenvalue weighted by atomic mass is 10.5. The van der Waals surface area contributed by atoms with Crippen LogP contribution in [-0.4, -0.2) is 0 Å². The van der Waals surface area contributed by atoms with Gasteiger partial charge in [-0.3, -0.25) is 0 Å². The first kappa shape index (κ1) is 10.6. The summed E-state index contributed by atoms with van der Waals surface area (Å²) in [5.41, 5.74) is 0. The molecule has 0 nitrogen and oxygen atoms in total. The van der Waals surface area contributed by atoms with Crippen LogP contribution in [0.5, 0.6) is 0 Å². The fourth-order valence-electron chi connectivity index (χ4n) is 0.361. The predicted octanol–water partition coefficient (Wildman–Crippen LogP) is 3.33. The van der Waals surface area contributed by atoms with Crippen LogP contribution < -0.4 is 0 Å². The zero-order valence-corrected chi connectivity index (χ0v) is 4.46. The van der Waals surface area contributed by atoms with Gasteiger partial charge in [0.05, 0.1) is 0 Å². The maximum atomic E-state index is 2.10. The molecule has 48 valence electrons. The number of aryl methyl sites for hydroxylation is 1. The third-order valence-corrected chi connectivity index (χ3v) is 1.46. The van der Waals surface area contributed by atoms with Crippen LogP contribution in [0.4, 0.5) is 0 Å². The highest BCUT2D eigenvalue weighted by Gasteiger charge is 1.74. The van der Waals surface area contributed by atoms with Crippen LogP contribution in [0.2, 0.25) is 0 Å². The maximum Gasteiger partial charge on any atom is 0.00141 e. The van der Waals surface area contributed by atoms with E-state index in [1.54, 1.807) is 11.3 Å². The Bertz CT molecular complexity index is 108. The lowest BCUT2D eigenvalue weighted by Gasteiger charge is -1.65. The van der Waals surface area contributed by atoms with Gasteiger partial charge >= 0.3 is 0 Å². The molecule has 0 amide bonds. The van der Waals surface area contributed by atoms with Crippen molar-refractivity contribution < 1.29 is 0 Å². The maximum absolute atomic E-state index is 2.10. The molecule has 0 aliphatic carbocycles. The van der Waals surface area contributed by atoms with Gasteiger partial charge in [0, 0.05) is 4.88 Å². The number of hydrogen-bond donors (Lipinski definition) is 0. The van der Waals surface area contributed by atoms with Gasteiger partial charge in [-0.1, -0.05) is 20.9 Å². The molecule has 1 heterocycles. The lowest BCUT2D eigenvalue weighted by molar-refractivity contribution is 1.64. The van der Waals surface area contributed by atoms with E-state index in [0.29, 0.717) is 0 Å². The number of thiophene rings is 1. The normalized spacial score (nSPS) is 6.62. The summed E-state index contributed by atoms with van der Waals surface area (Å²) in [7, 11) is 0. The van der Waals surface area contributed by atoms with Gasteiger partial charge in [-0.05, 0) is 18.4 Å². The Morgan fingerprint density at radius 2 is 2.00 bits per heavy atom. The molecule has 0 radical (unpaired) electrons. The molecule has 0 aliphatic heterocycles. The first-order chi connectivity index (χ1) is 2.89. The quantitative estimate of drug-likeness (QED) is 0.505. The van der Waals surface area contributed by atoms with E-state index in [1.165, 1.54) is 4.88 Å². The molecule has 0 spiro atoms. The minimum atomic E-state index is 0. The molecule has 1 aromatic rings. The molecule has 0 saturated heterocycles. The van der Waals surface area contributed by atoms with Crippen LogP contribution >= 0.6 is 11.3 Å². The van der Waals surface area contributed by atoms with Crippen molar-refractivity contribution in [2.24, 2.45) is 0 Å². The van der Waals surface area contributed by atoms with Gasteiger partial charge in [-0.15, -0.1) is 11.3 Å². The van der Waals surface area contributed by atoms with Crippen LogP contribution in [0, 0.1) is 6.92 Å². The predicted molar refractivity (Wildman–Crippen MR) is 42.5 cm³/mol. The van der Waals surface area contributed by atoms with E-state index in [0.717, 1.165) is 0 Å². The summed E-state index contributed by atoms with van der Waals surface area (Å²) < 4.78 is 0. The van der Waals surface area contributed by atoms with Gasteiger partial charge in [-0.2, -0.15) is 0 Å². The molecule has 0 unspecified atom stereocenters. The van der Waals surface area contributed by atoms with Crippen molar-refractivity contribution in [1.82, 2.24) is 0 Å². The molecule has 8 heavy (non-hydrogen) atoms.